The third-order valence-corrected chi connectivity index (χ3v) is 12.3. The number of nitrogens with zero attached hydrogens (tertiary/aromatic N) is 4. The second-order valence-electron chi connectivity index (χ2n) is 15.6. The van der Waals surface area contributed by atoms with Crippen LogP contribution in [0.5, 0.6) is 0 Å². The van der Waals surface area contributed by atoms with E-state index >= 15 is 0 Å². The molecule has 5 nitrogen and oxygen atoms in total. The van der Waals surface area contributed by atoms with Crippen molar-refractivity contribution < 1.29 is 4.42 Å². The summed E-state index contributed by atoms with van der Waals surface area (Å²) in [5, 5.41) is 7.06. The quantitative estimate of drug-likeness (QED) is 0.175. The minimum Gasteiger partial charge on any atom is -0.456 e. The van der Waals surface area contributed by atoms with Crippen LogP contribution in [0.4, 0.5) is 0 Å². The van der Waals surface area contributed by atoms with Crippen LogP contribution in [0.25, 0.3) is 116 Å². The van der Waals surface area contributed by atoms with E-state index in [-0.39, 0.29) is 0 Å². The van der Waals surface area contributed by atoms with E-state index in [1.54, 1.807) is 0 Å². The molecule has 280 valence electrons. The Morgan fingerprint density at radius 2 is 0.850 bits per heavy atom. The van der Waals surface area contributed by atoms with Gasteiger partial charge in [0.2, 0.25) is 0 Å². The van der Waals surface area contributed by atoms with E-state index in [2.05, 4.69) is 208 Å². The lowest BCUT2D eigenvalue weighted by molar-refractivity contribution is 0.669. The Morgan fingerprint density at radius 3 is 1.48 bits per heavy atom. The monoisotopic (exact) mass is 766 g/mol. The summed E-state index contributed by atoms with van der Waals surface area (Å²) in [6.07, 6.45) is 1.91. The number of rotatable bonds is 5. The van der Waals surface area contributed by atoms with Crippen molar-refractivity contribution >= 4 is 76.6 Å². The fourth-order valence-corrected chi connectivity index (χ4v) is 9.58. The van der Waals surface area contributed by atoms with Crippen LogP contribution < -0.4 is 0 Å². The summed E-state index contributed by atoms with van der Waals surface area (Å²) in [5.41, 5.74) is 16.5. The van der Waals surface area contributed by atoms with Crippen LogP contribution >= 0.6 is 0 Å². The maximum Gasteiger partial charge on any atom is 0.137 e. The van der Waals surface area contributed by atoms with Crippen LogP contribution in [-0.4, -0.2) is 18.7 Å². The topological polar surface area (TPSA) is 40.8 Å². The van der Waals surface area contributed by atoms with E-state index in [4.69, 9.17) is 9.40 Å². The summed E-state index contributed by atoms with van der Waals surface area (Å²) >= 11 is 0. The summed E-state index contributed by atoms with van der Waals surface area (Å²) in [6.45, 7) is 0. The van der Waals surface area contributed by atoms with Crippen LogP contribution in [0.3, 0.4) is 0 Å². The molecular formula is C55H34N4O. The highest BCUT2D eigenvalue weighted by Crippen LogP contribution is 2.41. The number of hydrogen-bond donors (Lipinski definition) is 0. The third-order valence-electron chi connectivity index (χ3n) is 12.3. The van der Waals surface area contributed by atoms with Crippen molar-refractivity contribution in [3.63, 3.8) is 0 Å². The molecule has 0 aliphatic rings. The molecule has 60 heavy (non-hydrogen) atoms. The van der Waals surface area contributed by atoms with Gasteiger partial charge in [-0.1, -0.05) is 97.1 Å². The van der Waals surface area contributed by atoms with Gasteiger partial charge in [-0.2, -0.15) is 0 Å². The number of imidazole rings is 1. The molecule has 0 fully saturated rings. The summed E-state index contributed by atoms with van der Waals surface area (Å²) in [5.74, 6) is 0. The van der Waals surface area contributed by atoms with Gasteiger partial charge in [-0.25, -0.2) is 4.98 Å². The van der Waals surface area contributed by atoms with Crippen LogP contribution in [0, 0.1) is 0 Å². The minimum atomic E-state index is 0.856. The molecule has 0 unspecified atom stereocenters. The number of para-hydroxylation sites is 5. The van der Waals surface area contributed by atoms with Crippen LogP contribution in [0.1, 0.15) is 0 Å². The normalized spacial score (nSPS) is 12.0. The van der Waals surface area contributed by atoms with E-state index in [9.17, 15) is 0 Å². The number of aromatic nitrogens is 4. The van der Waals surface area contributed by atoms with Crippen molar-refractivity contribution in [1.82, 2.24) is 18.7 Å². The molecule has 0 spiro atoms. The van der Waals surface area contributed by atoms with Gasteiger partial charge in [0.25, 0.3) is 0 Å². The zero-order valence-electron chi connectivity index (χ0n) is 32.3. The van der Waals surface area contributed by atoms with Crippen molar-refractivity contribution in [2.75, 3.05) is 0 Å². The average molecular weight is 767 g/mol. The Hall–Kier alpha value is -8.15. The summed E-state index contributed by atoms with van der Waals surface area (Å²) in [4.78, 5) is 4.70. The van der Waals surface area contributed by atoms with Gasteiger partial charge < -0.3 is 13.6 Å². The van der Waals surface area contributed by atoms with Gasteiger partial charge in [-0.15, -0.1) is 0 Å². The predicted octanol–water partition coefficient (Wildman–Crippen LogP) is 14.5. The Morgan fingerprint density at radius 1 is 0.350 bits per heavy atom. The van der Waals surface area contributed by atoms with E-state index < -0.39 is 0 Å². The van der Waals surface area contributed by atoms with E-state index in [0.717, 1.165) is 61.2 Å². The molecule has 4 aromatic heterocycles. The first-order valence-corrected chi connectivity index (χ1v) is 20.4. The average Bonchev–Trinajstić information content (AvgIpc) is 4.08. The van der Waals surface area contributed by atoms with Crippen molar-refractivity contribution in [3.8, 4) is 39.3 Å². The summed E-state index contributed by atoms with van der Waals surface area (Å²) in [6, 6.07) is 71.9. The highest BCUT2D eigenvalue weighted by molar-refractivity contribution is 6.14. The molecular weight excluding hydrogens is 733 g/mol. The Labute approximate surface area is 344 Å². The van der Waals surface area contributed by atoms with Crippen LogP contribution in [0.2, 0.25) is 0 Å². The minimum absolute atomic E-state index is 0.856. The fourth-order valence-electron chi connectivity index (χ4n) is 9.58. The van der Waals surface area contributed by atoms with Crippen LogP contribution in [-0.2, 0) is 0 Å². The van der Waals surface area contributed by atoms with Crippen molar-refractivity contribution in [3.05, 3.63) is 207 Å². The molecule has 0 atom stereocenters. The lowest BCUT2D eigenvalue weighted by Gasteiger charge is -2.09. The first kappa shape index (κ1) is 32.9. The molecule has 0 saturated heterocycles. The van der Waals surface area contributed by atoms with Gasteiger partial charge in [0.1, 0.15) is 17.5 Å². The maximum absolute atomic E-state index is 6.47. The smallest absolute Gasteiger partial charge is 0.137 e. The predicted molar refractivity (Wildman–Crippen MR) is 248 cm³/mol. The molecule has 0 N–H and O–H groups in total. The Bertz CT molecular complexity index is 3830. The number of fused-ring (bicyclic) bond motifs is 10. The molecule has 0 bridgehead atoms. The van der Waals surface area contributed by atoms with E-state index in [1.807, 2.05) is 12.4 Å². The molecule has 0 aliphatic heterocycles. The fraction of sp³-hybridized carbons (Fsp3) is 0. The number of furan rings is 1. The molecule has 0 aliphatic carbocycles. The first-order valence-electron chi connectivity index (χ1n) is 20.4. The molecule has 0 amide bonds. The van der Waals surface area contributed by atoms with Gasteiger partial charge in [-0.05, 0) is 125 Å². The zero-order chi connectivity index (χ0) is 39.3. The molecule has 5 heteroatoms. The molecule has 9 aromatic carbocycles. The van der Waals surface area contributed by atoms with Crippen LogP contribution in [0.15, 0.2) is 211 Å². The lowest BCUT2D eigenvalue weighted by Crippen LogP contribution is -1.93. The second kappa shape index (κ2) is 12.7. The SMILES string of the molecule is c1ccc(-n2c3ccccc3c3cc(-c4ccc5c(c4)c4cc(-c6ccc7oc8cccc(-n9cnc%10ccccc%109)c8c7c6)ccc4n5-c4ccccc4)ccc32)cc1. The van der Waals surface area contributed by atoms with Gasteiger partial charge in [0.05, 0.1) is 44.2 Å². The summed E-state index contributed by atoms with van der Waals surface area (Å²) < 4.78 is 13.4. The molecule has 0 radical (unpaired) electrons. The van der Waals surface area contributed by atoms with Gasteiger partial charge in [-0.3, -0.25) is 4.57 Å². The second-order valence-corrected chi connectivity index (χ2v) is 15.6. The van der Waals surface area contributed by atoms with Crippen molar-refractivity contribution in [2.24, 2.45) is 0 Å². The Kier molecular flexibility index (Phi) is 6.95. The zero-order valence-corrected chi connectivity index (χ0v) is 32.3. The van der Waals surface area contributed by atoms with Gasteiger partial charge in [0, 0.05) is 38.3 Å². The highest BCUT2D eigenvalue weighted by Gasteiger charge is 2.19. The molecule has 13 aromatic rings. The first-order chi connectivity index (χ1) is 29.7. The van der Waals surface area contributed by atoms with E-state index in [0.29, 0.717) is 0 Å². The van der Waals surface area contributed by atoms with Crippen molar-refractivity contribution in [2.45, 2.75) is 0 Å². The number of benzene rings is 9. The summed E-state index contributed by atoms with van der Waals surface area (Å²) in [7, 11) is 0. The molecule has 13 rings (SSSR count). The lowest BCUT2D eigenvalue weighted by atomic mass is 9.98. The molecule has 0 saturated carbocycles. The number of hydrogen-bond acceptors (Lipinski definition) is 2. The Balaban J connectivity index is 0.996. The van der Waals surface area contributed by atoms with Crippen molar-refractivity contribution in [1.29, 1.82) is 0 Å². The third kappa shape index (κ3) is 4.84. The molecule has 4 heterocycles. The van der Waals surface area contributed by atoms with Gasteiger partial charge >= 0.3 is 0 Å². The standard InChI is InChI=1S/C55H34N4O/c1-3-12-39(13-4-1)58-47-18-9-7-16-41(47)42-30-35(22-26-48(42)58)36-23-27-49-43(31-36)44-32-37(24-28-50(44)59(49)40-14-5-2-6-15-40)38-25-29-53-45(33-38)55-52(20-11-21-54(55)60-53)57-34-56-46-17-8-10-19-51(46)57/h1-34H. The maximum atomic E-state index is 6.47. The van der Waals surface area contributed by atoms with Gasteiger partial charge in [0.15, 0.2) is 0 Å². The van der Waals surface area contributed by atoms with E-state index in [1.165, 1.54) is 54.7 Å². The highest BCUT2D eigenvalue weighted by atomic mass is 16.3. The largest absolute Gasteiger partial charge is 0.456 e.